The Morgan fingerprint density at radius 2 is 2.04 bits per heavy atom. The maximum atomic E-state index is 13.0. The monoisotopic (exact) mass is 360 g/mol. The Balaban J connectivity index is 1.71. The Labute approximate surface area is 148 Å². The lowest BCUT2D eigenvalue weighted by Gasteiger charge is -2.15. The molecule has 0 bridgehead atoms. The van der Waals surface area contributed by atoms with E-state index in [9.17, 15) is 8.78 Å². The van der Waals surface area contributed by atoms with Crippen LogP contribution in [0.15, 0.2) is 28.8 Å². The second-order valence-corrected chi connectivity index (χ2v) is 6.56. The molecule has 1 aromatic carbocycles. The molecule has 0 saturated heterocycles. The third kappa shape index (κ3) is 2.56. The molecule has 1 aliphatic rings. The fourth-order valence-corrected chi connectivity index (χ4v) is 3.29. The zero-order chi connectivity index (χ0) is 18.5. The molecule has 2 aromatic heterocycles. The molecule has 1 saturated carbocycles. The summed E-state index contributed by atoms with van der Waals surface area (Å²) in [6, 6.07) is 7.19. The quantitative estimate of drug-likeness (QED) is 0.692. The molecule has 0 amide bonds. The number of halogens is 2. The number of hydrogen-bond donors (Lipinski definition) is 0. The van der Waals surface area contributed by atoms with Gasteiger partial charge in [0.05, 0.1) is 12.5 Å². The number of nitrogens with zero attached hydrogens (tertiary/aromatic N) is 4. The van der Waals surface area contributed by atoms with Gasteiger partial charge in [-0.05, 0) is 49.1 Å². The molecular weight excluding hydrogens is 342 g/mol. The van der Waals surface area contributed by atoms with Gasteiger partial charge in [0.2, 0.25) is 0 Å². The van der Waals surface area contributed by atoms with Crippen molar-refractivity contribution in [1.82, 2.24) is 19.9 Å². The van der Waals surface area contributed by atoms with Crippen molar-refractivity contribution in [2.24, 2.45) is 7.05 Å². The lowest BCUT2D eigenvalue weighted by Crippen LogP contribution is -2.13. The van der Waals surface area contributed by atoms with Crippen LogP contribution in [0.2, 0.25) is 0 Å². The van der Waals surface area contributed by atoms with Crippen LogP contribution in [0, 0.1) is 6.92 Å². The van der Waals surface area contributed by atoms with Crippen molar-refractivity contribution in [1.29, 1.82) is 0 Å². The number of rotatable bonds is 5. The molecule has 4 rings (SSSR count). The Hall–Kier alpha value is -2.77. The predicted octanol–water partition coefficient (Wildman–Crippen LogP) is 3.80. The highest BCUT2D eigenvalue weighted by atomic mass is 19.3. The predicted molar refractivity (Wildman–Crippen MR) is 89.2 cm³/mol. The van der Waals surface area contributed by atoms with Crippen LogP contribution < -0.4 is 4.74 Å². The fraction of sp³-hybridized carbons (Fsp3) is 0.389. The van der Waals surface area contributed by atoms with Gasteiger partial charge in [-0.25, -0.2) is 8.78 Å². The average molecular weight is 360 g/mol. The largest absolute Gasteiger partial charge is 0.497 e. The second kappa shape index (κ2) is 5.89. The normalized spacial score (nSPS) is 15.5. The van der Waals surface area contributed by atoms with E-state index in [1.807, 2.05) is 25.1 Å². The average Bonchev–Trinajstić information content (AvgIpc) is 3.09. The number of aryl methyl sites for hydroxylation is 2. The summed E-state index contributed by atoms with van der Waals surface area (Å²) in [4.78, 5) is 4.46. The minimum absolute atomic E-state index is 0.148. The summed E-state index contributed by atoms with van der Waals surface area (Å²) in [5.41, 5.74) is 1.95. The maximum absolute atomic E-state index is 13.0. The molecule has 136 valence electrons. The Morgan fingerprint density at radius 1 is 1.27 bits per heavy atom. The third-order valence-electron chi connectivity index (χ3n) is 4.92. The highest BCUT2D eigenvalue weighted by molar-refractivity contribution is 5.51. The molecule has 0 spiro atoms. The van der Waals surface area contributed by atoms with E-state index in [1.54, 1.807) is 7.11 Å². The molecule has 3 aromatic rings. The molecule has 0 unspecified atom stereocenters. The smallest absolute Gasteiger partial charge is 0.280 e. The number of alkyl halides is 2. The second-order valence-electron chi connectivity index (χ2n) is 6.56. The summed E-state index contributed by atoms with van der Waals surface area (Å²) < 4.78 is 37.7. The zero-order valence-corrected chi connectivity index (χ0v) is 14.7. The van der Waals surface area contributed by atoms with E-state index in [4.69, 9.17) is 9.26 Å². The van der Waals surface area contributed by atoms with Crippen molar-refractivity contribution in [3.8, 4) is 17.3 Å². The van der Waals surface area contributed by atoms with Crippen LogP contribution in [0.25, 0.3) is 11.6 Å². The Kier molecular flexibility index (Phi) is 3.78. The molecule has 0 aliphatic heterocycles. The van der Waals surface area contributed by atoms with E-state index < -0.39 is 6.43 Å². The first-order valence-corrected chi connectivity index (χ1v) is 8.26. The highest BCUT2D eigenvalue weighted by Gasteiger charge is 2.51. The summed E-state index contributed by atoms with van der Waals surface area (Å²) in [5, 5.41) is 8.18. The fourth-order valence-electron chi connectivity index (χ4n) is 3.29. The maximum Gasteiger partial charge on any atom is 0.280 e. The first-order valence-electron chi connectivity index (χ1n) is 8.26. The van der Waals surface area contributed by atoms with Crippen LogP contribution in [0.5, 0.6) is 5.75 Å². The van der Waals surface area contributed by atoms with Crippen LogP contribution in [0.3, 0.4) is 0 Å². The summed E-state index contributed by atoms with van der Waals surface area (Å²) in [6.45, 7) is 2.03. The summed E-state index contributed by atoms with van der Waals surface area (Å²) in [7, 11) is 3.09. The molecular formula is C18H18F2N4O2. The minimum Gasteiger partial charge on any atom is -0.497 e. The van der Waals surface area contributed by atoms with Crippen LogP contribution in [0.4, 0.5) is 8.78 Å². The van der Waals surface area contributed by atoms with Gasteiger partial charge in [-0.15, -0.1) is 0 Å². The van der Waals surface area contributed by atoms with Gasteiger partial charge in [0.1, 0.15) is 11.4 Å². The van der Waals surface area contributed by atoms with E-state index in [2.05, 4.69) is 15.2 Å². The van der Waals surface area contributed by atoms with Gasteiger partial charge in [0, 0.05) is 7.05 Å². The number of aromatic nitrogens is 4. The molecule has 1 fully saturated rings. The highest BCUT2D eigenvalue weighted by Crippen LogP contribution is 2.54. The molecule has 1 aliphatic carbocycles. The number of benzene rings is 1. The van der Waals surface area contributed by atoms with Gasteiger partial charge in [-0.1, -0.05) is 11.2 Å². The minimum atomic E-state index is -2.61. The van der Waals surface area contributed by atoms with Crippen LogP contribution in [0.1, 0.15) is 41.9 Å². The van der Waals surface area contributed by atoms with Gasteiger partial charge in [0.25, 0.3) is 12.3 Å². The summed E-state index contributed by atoms with van der Waals surface area (Å²) in [5.74, 6) is 1.47. The van der Waals surface area contributed by atoms with Crippen molar-refractivity contribution in [3.05, 3.63) is 46.9 Å². The van der Waals surface area contributed by atoms with E-state index in [0.717, 1.165) is 34.4 Å². The van der Waals surface area contributed by atoms with Crippen molar-refractivity contribution in [3.63, 3.8) is 0 Å². The van der Waals surface area contributed by atoms with E-state index in [1.165, 1.54) is 13.1 Å². The topological polar surface area (TPSA) is 66.0 Å². The molecule has 0 atom stereocenters. The SMILES string of the molecule is COc1ccc(C)c(C2(c3noc(-c4cc(C(F)F)n(C)n4)n3)CC2)c1. The van der Waals surface area contributed by atoms with E-state index in [0.29, 0.717) is 5.82 Å². The van der Waals surface area contributed by atoms with Gasteiger partial charge < -0.3 is 9.26 Å². The zero-order valence-electron chi connectivity index (χ0n) is 14.7. The molecule has 0 N–H and O–H groups in total. The molecule has 26 heavy (non-hydrogen) atoms. The van der Waals surface area contributed by atoms with Gasteiger partial charge >= 0.3 is 0 Å². The number of hydrogen-bond acceptors (Lipinski definition) is 5. The first kappa shape index (κ1) is 16.7. The number of ether oxygens (including phenoxy) is 1. The van der Waals surface area contributed by atoms with Crippen molar-refractivity contribution in [2.45, 2.75) is 31.6 Å². The lowest BCUT2D eigenvalue weighted by molar-refractivity contribution is 0.141. The summed E-state index contributed by atoms with van der Waals surface area (Å²) in [6.07, 6.45) is -0.826. The van der Waals surface area contributed by atoms with Gasteiger partial charge in [0.15, 0.2) is 11.5 Å². The van der Waals surface area contributed by atoms with Crippen molar-refractivity contribution >= 4 is 0 Å². The third-order valence-corrected chi connectivity index (χ3v) is 4.92. The Morgan fingerprint density at radius 3 is 2.65 bits per heavy atom. The standard InChI is InChI=1S/C18H18F2N4O2/c1-10-4-5-11(25-3)8-12(10)18(6-7-18)17-21-16(26-23-17)13-9-14(15(19)20)24(2)22-13/h4-5,8-9,15H,6-7H2,1-3H3. The molecule has 2 heterocycles. The van der Waals surface area contributed by atoms with Crippen molar-refractivity contribution < 1.29 is 18.0 Å². The van der Waals surface area contributed by atoms with Gasteiger partial charge in [-0.3, -0.25) is 4.68 Å². The summed E-state index contributed by atoms with van der Waals surface area (Å²) >= 11 is 0. The van der Waals surface area contributed by atoms with Crippen LogP contribution >= 0.6 is 0 Å². The van der Waals surface area contributed by atoms with Crippen LogP contribution in [-0.2, 0) is 12.5 Å². The van der Waals surface area contributed by atoms with E-state index in [-0.39, 0.29) is 22.7 Å². The van der Waals surface area contributed by atoms with Gasteiger partial charge in [-0.2, -0.15) is 10.1 Å². The lowest BCUT2D eigenvalue weighted by atomic mass is 9.91. The molecule has 6 nitrogen and oxygen atoms in total. The molecule has 8 heteroatoms. The van der Waals surface area contributed by atoms with E-state index >= 15 is 0 Å². The van der Waals surface area contributed by atoms with Crippen molar-refractivity contribution in [2.75, 3.05) is 7.11 Å². The first-order chi connectivity index (χ1) is 12.4. The number of methoxy groups -OCH3 is 1. The molecule has 0 radical (unpaired) electrons. The Bertz CT molecular complexity index is 960. The van der Waals surface area contributed by atoms with Crippen LogP contribution in [-0.4, -0.2) is 27.0 Å².